The number of hydrogen-bond acceptors (Lipinski definition) is 4. The van der Waals surface area contributed by atoms with Crippen molar-refractivity contribution in [3.8, 4) is 0 Å². The van der Waals surface area contributed by atoms with Gasteiger partial charge in [0.1, 0.15) is 0 Å². The Labute approximate surface area is 82.8 Å². The van der Waals surface area contributed by atoms with Gasteiger partial charge in [-0.15, -0.1) is 0 Å². The number of aliphatic hydroxyl groups is 2. The van der Waals surface area contributed by atoms with E-state index in [0.717, 1.165) is 0 Å². The summed E-state index contributed by atoms with van der Waals surface area (Å²) in [7, 11) is -4.53. The summed E-state index contributed by atoms with van der Waals surface area (Å²) in [4.78, 5) is 16.9. The molecule has 0 aromatic heterocycles. The first-order chi connectivity index (χ1) is 6.39. The van der Waals surface area contributed by atoms with E-state index in [2.05, 4.69) is 4.52 Å². The highest BCUT2D eigenvalue weighted by Crippen LogP contribution is 2.39. The normalized spacial score (nSPS) is 13.2. The summed E-state index contributed by atoms with van der Waals surface area (Å²) >= 11 is 0. The molecule has 0 aromatic rings. The number of phosphoric ester groups is 1. The molecule has 0 rings (SSSR count). The first-order valence-corrected chi connectivity index (χ1v) is 5.84. The molecular formula is C7H17O6P. The van der Waals surface area contributed by atoms with Crippen LogP contribution in [0, 0.1) is 5.41 Å². The molecule has 0 spiro atoms. The van der Waals surface area contributed by atoms with Crippen LogP contribution in [-0.2, 0) is 9.09 Å². The number of phosphoric acid groups is 1. The highest BCUT2D eigenvalue weighted by molar-refractivity contribution is 7.46. The molecule has 0 unspecified atom stereocenters. The topological polar surface area (TPSA) is 107 Å². The second-order valence-electron chi connectivity index (χ2n) is 3.33. The van der Waals surface area contributed by atoms with E-state index in [0.29, 0.717) is 12.8 Å². The van der Waals surface area contributed by atoms with Crippen LogP contribution in [0.5, 0.6) is 0 Å². The zero-order chi connectivity index (χ0) is 11.2. The second-order valence-corrected chi connectivity index (χ2v) is 4.57. The molecule has 7 heteroatoms. The average Bonchev–Trinajstić information content (AvgIpc) is 2.11. The van der Waals surface area contributed by atoms with Crippen molar-refractivity contribution in [2.75, 3.05) is 19.8 Å². The maximum Gasteiger partial charge on any atom is 0.469 e. The second kappa shape index (κ2) is 5.80. The molecule has 86 valence electrons. The van der Waals surface area contributed by atoms with Crippen LogP contribution in [0.4, 0.5) is 0 Å². The third-order valence-electron chi connectivity index (χ3n) is 1.99. The van der Waals surface area contributed by atoms with Crippen molar-refractivity contribution in [2.45, 2.75) is 19.8 Å². The van der Waals surface area contributed by atoms with Crippen LogP contribution in [0.2, 0.25) is 0 Å². The molecule has 0 amide bonds. The van der Waals surface area contributed by atoms with Crippen molar-refractivity contribution in [2.24, 2.45) is 5.41 Å². The Hall–Kier alpha value is 0.0300. The third kappa shape index (κ3) is 5.05. The van der Waals surface area contributed by atoms with E-state index in [9.17, 15) is 4.57 Å². The lowest BCUT2D eigenvalue weighted by molar-refractivity contribution is -0.00118. The summed E-state index contributed by atoms with van der Waals surface area (Å²) in [5, 5.41) is 18.0. The van der Waals surface area contributed by atoms with E-state index < -0.39 is 13.2 Å². The zero-order valence-corrected chi connectivity index (χ0v) is 8.98. The third-order valence-corrected chi connectivity index (χ3v) is 2.46. The van der Waals surface area contributed by atoms with Gasteiger partial charge in [0, 0.05) is 5.41 Å². The molecule has 0 atom stereocenters. The van der Waals surface area contributed by atoms with Gasteiger partial charge in [-0.25, -0.2) is 4.57 Å². The Morgan fingerprint density at radius 2 is 1.79 bits per heavy atom. The van der Waals surface area contributed by atoms with Crippen LogP contribution in [0.25, 0.3) is 0 Å². The van der Waals surface area contributed by atoms with Gasteiger partial charge >= 0.3 is 7.82 Å². The van der Waals surface area contributed by atoms with Gasteiger partial charge < -0.3 is 20.0 Å². The van der Waals surface area contributed by atoms with Crippen molar-refractivity contribution >= 4 is 7.82 Å². The van der Waals surface area contributed by atoms with Crippen molar-refractivity contribution in [1.82, 2.24) is 0 Å². The highest BCUT2D eigenvalue weighted by Gasteiger charge is 2.31. The van der Waals surface area contributed by atoms with Crippen molar-refractivity contribution in [3.05, 3.63) is 0 Å². The summed E-state index contributed by atoms with van der Waals surface area (Å²) < 4.78 is 14.7. The standard InChI is InChI=1S/C7H17O6P/c1-2-3-7(4-8,5-9)6-13-14(10,11)12/h8-9H,2-6H2,1H3,(H2,10,11,12). The van der Waals surface area contributed by atoms with E-state index in [1.54, 1.807) is 0 Å². The highest BCUT2D eigenvalue weighted by atomic mass is 31.2. The van der Waals surface area contributed by atoms with Gasteiger partial charge in [0.05, 0.1) is 19.8 Å². The molecule has 0 aliphatic carbocycles. The summed E-state index contributed by atoms with van der Waals surface area (Å²) in [6, 6.07) is 0. The largest absolute Gasteiger partial charge is 0.469 e. The van der Waals surface area contributed by atoms with Crippen LogP contribution in [0.1, 0.15) is 19.8 Å². The Morgan fingerprint density at radius 1 is 1.29 bits per heavy atom. The van der Waals surface area contributed by atoms with Crippen LogP contribution in [0.3, 0.4) is 0 Å². The van der Waals surface area contributed by atoms with Crippen LogP contribution < -0.4 is 0 Å². The number of aliphatic hydroxyl groups excluding tert-OH is 2. The molecular weight excluding hydrogens is 211 g/mol. The first-order valence-electron chi connectivity index (χ1n) is 4.31. The molecule has 14 heavy (non-hydrogen) atoms. The summed E-state index contributed by atoms with van der Waals surface area (Å²) in [6.07, 6.45) is 1.13. The fraction of sp³-hybridized carbons (Fsp3) is 1.00. The Kier molecular flexibility index (Phi) is 5.81. The smallest absolute Gasteiger partial charge is 0.396 e. The SMILES string of the molecule is CCCC(CO)(CO)COP(=O)(O)O. The summed E-state index contributed by atoms with van der Waals surface area (Å²) in [5.74, 6) is 0. The summed E-state index contributed by atoms with van der Waals surface area (Å²) in [6.45, 7) is 0.768. The number of hydrogen-bond donors (Lipinski definition) is 4. The predicted molar refractivity (Wildman–Crippen MR) is 49.5 cm³/mol. The lowest BCUT2D eigenvalue weighted by atomic mass is 9.86. The Balaban J connectivity index is 4.28. The molecule has 6 nitrogen and oxygen atoms in total. The molecule has 0 bridgehead atoms. The Bertz CT molecular complexity index is 196. The van der Waals surface area contributed by atoms with E-state index in [1.807, 2.05) is 6.92 Å². The molecule has 0 aromatic carbocycles. The van der Waals surface area contributed by atoms with E-state index in [4.69, 9.17) is 20.0 Å². The van der Waals surface area contributed by atoms with Crippen molar-refractivity contribution in [1.29, 1.82) is 0 Å². The lowest BCUT2D eigenvalue weighted by Crippen LogP contribution is -2.34. The van der Waals surface area contributed by atoms with Gasteiger partial charge in [0.25, 0.3) is 0 Å². The predicted octanol–water partition coefficient (Wildman–Crippen LogP) is -0.133. The van der Waals surface area contributed by atoms with E-state index in [-0.39, 0.29) is 19.8 Å². The monoisotopic (exact) mass is 228 g/mol. The molecule has 4 N–H and O–H groups in total. The fourth-order valence-corrected chi connectivity index (χ4v) is 1.56. The maximum atomic E-state index is 10.4. The van der Waals surface area contributed by atoms with Crippen LogP contribution >= 0.6 is 7.82 Å². The zero-order valence-electron chi connectivity index (χ0n) is 8.09. The first kappa shape index (κ1) is 14.0. The van der Waals surface area contributed by atoms with Crippen molar-refractivity contribution < 1.29 is 29.1 Å². The van der Waals surface area contributed by atoms with Gasteiger partial charge in [0.2, 0.25) is 0 Å². The van der Waals surface area contributed by atoms with Crippen LogP contribution in [-0.4, -0.2) is 39.8 Å². The van der Waals surface area contributed by atoms with Crippen molar-refractivity contribution in [3.63, 3.8) is 0 Å². The molecule has 0 fully saturated rings. The number of rotatable bonds is 7. The molecule has 0 saturated carbocycles. The molecule has 0 radical (unpaired) electrons. The van der Waals surface area contributed by atoms with Gasteiger partial charge in [0.15, 0.2) is 0 Å². The Morgan fingerprint density at radius 3 is 2.07 bits per heavy atom. The van der Waals surface area contributed by atoms with Gasteiger partial charge in [-0.2, -0.15) is 0 Å². The maximum absolute atomic E-state index is 10.4. The minimum Gasteiger partial charge on any atom is -0.396 e. The van der Waals surface area contributed by atoms with Gasteiger partial charge in [-0.1, -0.05) is 13.3 Å². The van der Waals surface area contributed by atoms with E-state index >= 15 is 0 Å². The van der Waals surface area contributed by atoms with Gasteiger partial charge in [-0.05, 0) is 6.42 Å². The minimum absolute atomic E-state index is 0.349. The molecule has 0 heterocycles. The lowest BCUT2D eigenvalue weighted by Gasteiger charge is -2.28. The van der Waals surface area contributed by atoms with E-state index in [1.165, 1.54) is 0 Å². The van der Waals surface area contributed by atoms with Crippen LogP contribution in [0.15, 0.2) is 0 Å². The molecule has 0 aliphatic heterocycles. The quantitative estimate of drug-likeness (QED) is 0.452. The molecule has 0 saturated heterocycles. The van der Waals surface area contributed by atoms with Gasteiger partial charge in [-0.3, -0.25) is 4.52 Å². The minimum atomic E-state index is -4.53. The summed E-state index contributed by atoms with van der Waals surface area (Å²) in [5.41, 5.74) is -0.962. The average molecular weight is 228 g/mol. The fourth-order valence-electron chi connectivity index (χ4n) is 1.12. The molecule has 0 aliphatic rings.